The topological polar surface area (TPSA) is 162 Å². The van der Waals surface area contributed by atoms with Crippen LogP contribution < -0.4 is 20.1 Å². The molecular weight excluding hydrogens is 609 g/mol. The molecule has 1 aliphatic heterocycles. The highest BCUT2D eigenvalue weighted by Crippen LogP contribution is 2.42. The van der Waals surface area contributed by atoms with Gasteiger partial charge in [-0.25, -0.2) is 18.0 Å². The van der Waals surface area contributed by atoms with E-state index in [1.165, 1.54) is 29.1 Å². The molecule has 0 bridgehead atoms. The SMILES string of the molecule is CCn1cc(S(=O)(=O)N2C[C@@H](CC(C)(C)c3noc(=O)[nH]3)Oc3ccc(NC(=O)OC(C)(C)C(F)(F)F)cc32)c(Cl)n1. The summed E-state index contributed by atoms with van der Waals surface area (Å²) >= 11 is 6.19. The van der Waals surface area contributed by atoms with Crippen LogP contribution in [0.4, 0.5) is 29.3 Å². The van der Waals surface area contributed by atoms with Crippen LogP contribution in [0.2, 0.25) is 5.15 Å². The molecule has 230 valence electrons. The first-order chi connectivity index (χ1) is 19.3. The van der Waals surface area contributed by atoms with Crippen LogP contribution in [0.25, 0.3) is 0 Å². The summed E-state index contributed by atoms with van der Waals surface area (Å²) in [6, 6.07) is 3.90. The summed E-state index contributed by atoms with van der Waals surface area (Å²) in [6.07, 6.45) is -5.58. The molecule has 42 heavy (non-hydrogen) atoms. The number of fused-ring (bicyclic) bond motifs is 1. The molecule has 0 unspecified atom stereocenters. The number of ether oxygens (including phenoxy) is 2. The van der Waals surface area contributed by atoms with Gasteiger partial charge in [-0.05, 0) is 45.4 Å². The fraction of sp³-hybridized carbons (Fsp3) is 0.500. The monoisotopic (exact) mass is 636 g/mol. The maximum atomic E-state index is 13.9. The minimum atomic E-state index is -4.83. The first-order valence-corrected chi connectivity index (χ1v) is 14.4. The van der Waals surface area contributed by atoms with E-state index < -0.39 is 45.2 Å². The molecule has 0 fully saturated rings. The molecule has 1 amide bonds. The molecule has 0 spiro atoms. The van der Waals surface area contributed by atoms with Crippen LogP contribution >= 0.6 is 11.6 Å². The highest BCUT2D eigenvalue weighted by molar-refractivity contribution is 7.93. The Kier molecular flexibility index (Phi) is 8.05. The van der Waals surface area contributed by atoms with Gasteiger partial charge in [-0.3, -0.25) is 23.8 Å². The lowest BCUT2D eigenvalue weighted by Crippen LogP contribution is -2.46. The van der Waals surface area contributed by atoms with Gasteiger partial charge in [-0.2, -0.15) is 18.3 Å². The number of halogens is 4. The van der Waals surface area contributed by atoms with Crippen LogP contribution in [0.1, 0.15) is 46.9 Å². The number of H-pyrrole nitrogens is 1. The van der Waals surface area contributed by atoms with Crippen molar-refractivity contribution in [3.05, 3.63) is 45.9 Å². The Balaban J connectivity index is 1.71. The zero-order chi connectivity index (χ0) is 31.3. The lowest BCUT2D eigenvalue weighted by molar-refractivity contribution is -0.242. The molecule has 1 aromatic carbocycles. The fourth-order valence-electron chi connectivity index (χ4n) is 4.18. The third-order valence-corrected chi connectivity index (χ3v) is 8.74. The fourth-order valence-corrected chi connectivity index (χ4v) is 6.13. The van der Waals surface area contributed by atoms with Crippen molar-refractivity contribution in [3.63, 3.8) is 0 Å². The molecule has 2 N–H and O–H groups in total. The number of rotatable bonds is 8. The number of hydrogen-bond donors (Lipinski definition) is 2. The Bertz CT molecular complexity index is 1650. The standard InChI is InChI=1S/C24H28ClF3N6O7S/c1-6-33-12-17(18(25)31-33)42(37,38)34-11-14(10-22(2,3)19-30-21(36)41-32-19)39-16-8-7-13(9-15(16)34)29-20(35)40-23(4,5)24(26,27)28/h7-9,12,14H,6,10-11H2,1-5H3,(H,29,35)(H,30,32,36)/t14-/m1/s1. The van der Waals surface area contributed by atoms with Crippen molar-refractivity contribution >= 4 is 39.1 Å². The van der Waals surface area contributed by atoms with Crippen molar-refractivity contribution < 1.29 is 40.4 Å². The minimum absolute atomic E-state index is 0.0212. The third kappa shape index (κ3) is 6.21. The van der Waals surface area contributed by atoms with Crippen LogP contribution in [0.3, 0.4) is 0 Å². The normalized spacial score (nSPS) is 16.1. The molecule has 0 saturated heterocycles. The molecule has 3 aromatic rings. The highest BCUT2D eigenvalue weighted by Gasteiger charge is 2.51. The van der Waals surface area contributed by atoms with Crippen molar-refractivity contribution in [2.24, 2.45) is 0 Å². The van der Waals surface area contributed by atoms with E-state index >= 15 is 0 Å². The summed E-state index contributed by atoms with van der Waals surface area (Å²) in [4.78, 5) is 26.0. The molecule has 2 aromatic heterocycles. The Hall–Kier alpha value is -3.73. The summed E-state index contributed by atoms with van der Waals surface area (Å²) in [5, 5.41) is 9.67. The summed E-state index contributed by atoms with van der Waals surface area (Å²) < 4.78 is 85.0. The predicted octanol–water partition coefficient (Wildman–Crippen LogP) is 4.45. The quantitative estimate of drug-likeness (QED) is 0.364. The molecule has 0 radical (unpaired) electrons. The Morgan fingerprint density at radius 2 is 1.95 bits per heavy atom. The number of carbonyl (C=O) groups excluding carboxylic acids is 1. The Morgan fingerprint density at radius 1 is 1.26 bits per heavy atom. The smallest absolute Gasteiger partial charge is 0.438 e. The number of carbonyl (C=O) groups is 1. The number of alkyl halides is 3. The Morgan fingerprint density at radius 3 is 2.52 bits per heavy atom. The van der Waals surface area contributed by atoms with Gasteiger partial charge < -0.3 is 9.47 Å². The number of nitrogens with one attached hydrogen (secondary N) is 2. The van der Waals surface area contributed by atoms with E-state index in [9.17, 15) is 31.2 Å². The molecule has 1 atom stereocenters. The molecule has 4 rings (SSSR count). The van der Waals surface area contributed by atoms with Crippen LogP contribution in [0.5, 0.6) is 5.75 Å². The molecule has 13 nitrogen and oxygen atoms in total. The number of benzene rings is 1. The summed E-state index contributed by atoms with van der Waals surface area (Å²) in [5.41, 5.74) is -3.69. The van der Waals surface area contributed by atoms with Crippen LogP contribution in [-0.4, -0.2) is 58.9 Å². The lowest BCUT2D eigenvalue weighted by atomic mass is 9.85. The summed E-state index contributed by atoms with van der Waals surface area (Å²) in [7, 11) is -4.38. The molecule has 0 aliphatic carbocycles. The molecular formula is C24H28ClF3N6O7S. The number of aryl methyl sites for hydroxylation is 1. The van der Waals surface area contributed by atoms with Gasteiger partial charge in [0.05, 0.1) is 12.2 Å². The number of hydrogen-bond acceptors (Lipinski definition) is 9. The largest absolute Gasteiger partial charge is 0.486 e. The average molecular weight is 637 g/mol. The van der Waals surface area contributed by atoms with Crippen molar-refractivity contribution in [2.75, 3.05) is 16.2 Å². The van der Waals surface area contributed by atoms with E-state index in [0.717, 1.165) is 4.31 Å². The second kappa shape index (κ2) is 10.8. The van der Waals surface area contributed by atoms with Crippen molar-refractivity contribution in [3.8, 4) is 5.75 Å². The molecule has 1 aliphatic rings. The van der Waals surface area contributed by atoms with Gasteiger partial charge in [0.1, 0.15) is 16.7 Å². The highest BCUT2D eigenvalue weighted by atomic mass is 35.5. The van der Waals surface area contributed by atoms with E-state index in [2.05, 4.69) is 29.8 Å². The maximum Gasteiger partial charge on any atom is 0.438 e. The maximum absolute atomic E-state index is 13.9. The van der Waals surface area contributed by atoms with E-state index in [4.69, 9.17) is 16.3 Å². The Labute approximate surface area is 242 Å². The second-order valence-corrected chi connectivity index (χ2v) is 12.8. The molecule has 0 saturated carbocycles. The van der Waals surface area contributed by atoms with E-state index in [0.29, 0.717) is 20.4 Å². The van der Waals surface area contributed by atoms with Crippen molar-refractivity contribution in [2.45, 2.75) is 75.8 Å². The minimum Gasteiger partial charge on any atom is -0.486 e. The van der Waals surface area contributed by atoms with E-state index in [-0.39, 0.29) is 46.0 Å². The first kappa shape index (κ1) is 31.2. The molecule has 3 heterocycles. The number of aromatic amines is 1. The van der Waals surface area contributed by atoms with Gasteiger partial charge >= 0.3 is 18.0 Å². The van der Waals surface area contributed by atoms with Crippen molar-refractivity contribution in [1.82, 2.24) is 19.9 Å². The van der Waals surface area contributed by atoms with Gasteiger partial charge in [-0.1, -0.05) is 30.6 Å². The van der Waals surface area contributed by atoms with Crippen LogP contribution in [0, 0.1) is 0 Å². The average Bonchev–Trinajstić information content (AvgIpc) is 3.48. The zero-order valence-corrected chi connectivity index (χ0v) is 24.6. The van der Waals surface area contributed by atoms with Gasteiger partial charge in [0.25, 0.3) is 10.0 Å². The second-order valence-electron chi connectivity index (χ2n) is 10.7. The zero-order valence-electron chi connectivity index (χ0n) is 23.1. The molecule has 18 heteroatoms. The van der Waals surface area contributed by atoms with Crippen LogP contribution in [-0.2, 0) is 26.7 Å². The summed E-state index contributed by atoms with van der Waals surface area (Å²) in [6.45, 7) is 6.72. The first-order valence-electron chi connectivity index (χ1n) is 12.5. The van der Waals surface area contributed by atoms with E-state index in [1.54, 1.807) is 20.8 Å². The van der Waals surface area contributed by atoms with Gasteiger partial charge in [0.15, 0.2) is 11.0 Å². The van der Waals surface area contributed by atoms with E-state index in [1.807, 2.05) is 0 Å². The lowest BCUT2D eigenvalue weighted by Gasteiger charge is -2.38. The predicted molar refractivity (Wildman–Crippen MR) is 143 cm³/mol. The van der Waals surface area contributed by atoms with Gasteiger partial charge in [0, 0.05) is 23.8 Å². The number of nitrogens with zero attached hydrogens (tertiary/aromatic N) is 4. The van der Waals surface area contributed by atoms with Crippen LogP contribution in [0.15, 0.2) is 38.6 Å². The van der Waals surface area contributed by atoms with Gasteiger partial charge in [0.2, 0.25) is 5.60 Å². The number of anilines is 2. The van der Waals surface area contributed by atoms with Gasteiger partial charge in [-0.15, -0.1) is 0 Å². The summed E-state index contributed by atoms with van der Waals surface area (Å²) in [5.74, 6) is -0.437. The van der Waals surface area contributed by atoms with Crippen molar-refractivity contribution in [1.29, 1.82) is 0 Å². The number of amides is 1. The number of aromatic nitrogens is 4. The number of sulfonamides is 1. The third-order valence-electron chi connectivity index (χ3n) is 6.56.